The molecule has 0 atom stereocenters. The number of aromatic nitrogens is 4. The molecule has 0 aliphatic carbocycles. The van der Waals surface area contributed by atoms with E-state index in [1.165, 1.54) is 244 Å². The summed E-state index contributed by atoms with van der Waals surface area (Å²) in [6.45, 7) is 8.85. The lowest BCUT2D eigenvalue weighted by molar-refractivity contribution is 0.304. The minimum absolute atomic E-state index is 0.392. The van der Waals surface area contributed by atoms with Crippen LogP contribution >= 0.6 is 0 Å². The van der Waals surface area contributed by atoms with Crippen molar-refractivity contribution in [2.45, 2.75) is 290 Å². The van der Waals surface area contributed by atoms with E-state index in [1.54, 1.807) is 0 Å². The smallest absolute Gasteiger partial charge is 0.251 e. The first-order chi connectivity index (χ1) is 39.2. The summed E-state index contributed by atoms with van der Waals surface area (Å²) in [4.78, 5) is 0. The fraction of sp³-hybridized carbons (Fsp3) is 0.686. The Labute approximate surface area is 481 Å². The summed E-state index contributed by atoms with van der Waals surface area (Å²) >= 11 is 0. The van der Waals surface area contributed by atoms with Crippen LogP contribution in [0.15, 0.2) is 75.6 Å². The first-order valence-corrected chi connectivity index (χ1v) is 33.1. The van der Waals surface area contributed by atoms with Crippen molar-refractivity contribution in [1.82, 2.24) is 20.4 Å². The Hall–Kier alpha value is -4.66. The molecular formula is C70H110N4O5. The molecule has 0 saturated heterocycles. The fourth-order valence-electron chi connectivity index (χ4n) is 10.7. The zero-order chi connectivity index (χ0) is 55.3. The minimum Gasteiger partial charge on any atom is -0.494 e. The van der Waals surface area contributed by atoms with E-state index in [2.05, 4.69) is 41.2 Å². The summed E-state index contributed by atoms with van der Waals surface area (Å²) < 4.78 is 31.7. The molecule has 0 unspecified atom stereocenters. The van der Waals surface area contributed by atoms with Crippen LogP contribution in [0.4, 0.5) is 0 Å². The molecule has 5 aromatic rings. The van der Waals surface area contributed by atoms with Crippen molar-refractivity contribution in [3.8, 4) is 63.1 Å². The molecule has 3 aromatic carbocycles. The van der Waals surface area contributed by atoms with E-state index in [1.807, 2.05) is 66.7 Å². The zero-order valence-electron chi connectivity index (χ0n) is 50.5. The van der Waals surface area contributed by atoms with Crippen LogP contribution in [0.5, 0.6) is 17.2 Å². The fourth-order valence-corrected chi connectivity index (χ4v) is 10.7. The van der Waals surface area contributed by atoms with E-state index in [4.69, 9.17) is 23.0 Å². The SMILES string of the molecule is CCCCCCCCCCCCCCCCOc1cccc(-c2nnc(-c3ccc(-c4nnc(-c5cccc(OCCCCCCCCCCCCCCCC)c5)o4)c(OCCCCCCCCCCCCCCCC)c3)o2)c1. The van der Waals surface area contributed by atoms with Crippen LogP contribution in [-0.4, -0.2) is 40.2 Å². The monoisotopic (exact) mass is 1090 g/mol. The van der Waals surface area contributed by atoms with Crippen LogP contribution in [0, 0.1) is 0 Å². The van der Waals surface area contributed by atoms with Gasteiger partial charge in [0.1, 0.15) is 17.2 Å². The second-order valence-corrected chi connectivity index (χ2v) is 22.9. The highest BCUT2D eigenvalue weighted by Gasteiger charge is 2.19. The Bertz CT molecular complexity index is 2220. The first kappa shape index (κ1) is 65.2. The van der Waals surface area contributed by atoms with Gasteiger partial charge in [0.15, 0.2) is 0 Å². The van der Waals surface area contributed by atoms with Crippen LogP contribution in [0.25, 0.3) is 45.8 Å². The maximum atomic E-state index is 6.57. The number of benzene rings is 3. The molecule has 2 heterocycles. The van der Waals surface area contributed by atoms with Gasteiger partial charge in [0.25, 0.3) is 5.89 Å². The highest BCUT2D eigenvalue weighted by molar-refractivity contribution is 5.70. The third-order valence-corrected chi connectivity index (χ3v) is 15.8. The van der Waals surface area contributed by atoms with E-state index in [0.717, 1.165) is 59.4 Å². The number of rotatable bonds is 52. The van der Waals surface area contributed by atoms with Gasteiger partial charge in [-0.25, -0.2) is 0 Å². The average molecular weight is 1090 g/mol. The van der Waals surface area contributed by atoms with Gasteiger partial charge in [0.2, 0.25) is 17.7 Å². The summed E-state index contributed by atoms with van der Waals surface area (Å²) in [7, 11) is 0. The Morgan fingerprint density at radius 2 is 0.557 bits per heavy atom. The van der Waals surface area contributed by atoms with E-state index >= 15 is 0 Å². The number of hydrogen-bond acceptors (Lipinski definition) is 9. The van der Waals surface area contributed by atoms with Crippen LogP contribution in [0.3, 0.4) is 0 Å². The van der Waals surface area contributed by atoms with Crippen LogP contribution < -0.4 is 14.2 Å². The van der Waals surface area contributed by atoms with Crippen LogP contribution in [0.2, 0.25) is 0 Å². The van der Waals surface area contributed by atoms with Crippen molar-refractivity contribution in [2.75, 3.05) is 19.8 Å². The van der Waals surface area contributed by atoms with Gasteiger partial charge >= 0.3 is 0 Å². The Morgan fingerprint density at radius 1 is 0.278 bits per heavy atom. The molecule has 0 fully saturated rings. The third kappa shape index (κ3) is 29.1. The predicted octanol–water partition coefficient (Wildman–Crippen LogP) is 22.7. The lowest BCUT2D eigenvalue weighted by Gasteiger charge is -2.11. The highest BCUT2D eigenvalue weighted by Crippen LogP contribution is 2.36. The number of hydrogen-bond donors (Lipinski definition) is 0. The number of unbranched alkanes of at least 4 members (excludes halogenated alkanes) is 39. The molecule has 0 spiro atoms. The third-order valence-electron chi connectivity index (χ3n) is 15.8. The van der Waals surface area contributed by atoms with Gasteiger partial charge in [-0.05, 0) is 73.9 Å². The second-order valence-electron chi connectivity index (χ2n) is 22.9. The van der Waals surface area contributed by atoms with Crippen molar-refractivity contribution in [2.24, 2.45) is 0 Å². The maximum absolute atomic E-state index is 6.57. The van der Waals surface area contributed by atoms with Crippen LogP contribution in [-0.2, 0) is 0 Å². The highest BCUT2D eigenvalue weighted by atomic mass is 16.5. The van der Waals surface area contributed by atoms with Crippen molar-refractivity contribution in [1.29, 1.82) is 0 Å². The summed E-state index contributed by atoms with van der Waals surface area (Å²) in [6.07, 6.45) is 55.9. The molecule has 440 valence electrons. The quantitative estimate of drug-likeness (QED) is 0.0352. The average Bonchev–Trinajstić information content (AvgIpc) is 4.34. The van der Waals surface area contributed by atoms with Gasteiger partial charge in [-0.2, -0.15) is 0 Å². The number of nitrogens with zero attached hydrogens (tertiary/aromatic N) is 4. The lowest BCUT2D eigenvalue weighted by Crippen LogP contribution is -1.99. The molecule has 0 N–H and O–H groups in total. The predicted molar refractivity (Wildman–Crippen MR) is 331 cm³/mol. The van der Waals surface area contributed by atoms with E-state index in [9.17, 15) is 0 Å². The van der Waals surface area contributed by atoms with Gasteiger partial charge in [-0.1, -0.05) is 283 Å². The Balaban J connectivity index is 1.09. The van der Waals surface area contributed by atoms with Gasteiger partial charge < -0.3 is 23.0 Å². The van der Waals surface area contributed by atoms with Gasteiger partial charge in [0, 0.05) is 16.7 Å². The zero-order valence-corrected chi connectivity index (χ0v) is 50.5. The topological polar surface area (TPSA) is 106 Å². The summed E-state index contributed by atoms with van der Waals surface area (Å²) in [5.41, 5.74) is 3.13. The van der Waals surface area contributed by atoms with Gasteiger partial charge in [-0.15, -0.1) is 20.4 Å². The first-order valence-electron chi connectivity index (χ1n) is 33.1. The van der Waals surface area contributed by atoms with E-state index in [-0.39, 0.29) is 0 Å². The molecule has 0 aliphatic rings. The molecule has 9 nitrogen and oxygen atoms in total. The van der Waals surface area contributed by atoms with Gasteiger partial charge in [-0.3, -0.25) is 0 Å². The van der Waals surface area contributed by atoms with E-state index < -0.39 is 0 Å². The summed E-state index contributed by atoms with van der Waals surface area (Å²) in [5, 5.41) is 18.0. The molecule has 5 rings (SSSR count). The molecule has 0 bridgehead atoms. The molecule has 2 aromatic heterocycles. The molecule has 0 aliphatic heterocycles. The molecule has 9 heteroatoms. The normalized spacial score (nSPS) is 11.5. The minimum atomic E-state index is 0.392. The van der Waals surface area contributed by atoms with Crippen molar-refractivity contribution in [3.05, 3.63) is 66.7 Å². The summed E-state index contributed by atoms with van der Waals surface area (Å²) in [6, 6.07) is 21.8. The second kappa shape index (κ2) is 44.1. The maximum Gasteiger partial charge on any atom is 0.251 e. The van der Waals surface area contributed by atoms with Crippen molar-refractivity contribution < 1.29 is 23.0 Å². The molecule has 79 heavy (non-hydrogen) atoms. The molecule has 0 saturated carbocycles. The molecular weight excluding hydrogens is 977 g/mol. The van der Waals surface area contributed by atoms with Crippen molar-refractivity contribution in [3.63, 3.8) is 0 Å². The number of ether oxygens (including phenoxy) is 3. The van der Waals surface area contributed by atoms with Crippen molar-refractivity contribution >= 4 is 0 Å². The van der Waals surface area contributed by atoms with Crippen LogP contribution in [0.1, 0.15) is 290 Å². The molecule has 0 radical (unpaired) electrons. The lowest BCUT2D eigenvalue weighted by atomic mass is 10.0. The largest absolute Gasteiger partial charge is 0.494 e. The standard InChI is InChI=1S/C70H110N4O5/c1-4-7-10-13-16-19-22-25-28-31-34-37-40-43-54-75-63-50-46-48-60(57-63)67-71-72-69(78-67)62-52-53-65(66(59-62)77-56-45-42-39-36-33-30-27-24-21-18-15-12-9-6-3)70-74-73-68(79-70)61-49-47-51-64(58-61)76-55-44-41-38-35-32-29-26-23-20-17-14-11-8-5-2/h46-53,57-59H,4-45,54-56H2,1-3H3. The van der Waals surface area contributed by atoms with E-state index in [0.29, 0.717) is 49.1 Å². The summed E-state index contributed by atoms with van der Waals surface area (Å²) in [5.74, 6) is 3.95. The van der Waals surface area contributed by atoms with Gasteiger partial charge in [0.05, 0.1) is 25.4 Å². The Kier molecular flexibility index (Phi) is 36.3. The Morgan fingerprint density at radius 3 is 0.899 bits per heavy atom. The molecule has 0 amide bonds.